The van der Waals surface area contributed by atoms with Crippen LogP contribution in [0.15, 0.2) is 12.1 Å². The lowest BCUT2D eigenvalue weighted by molar-refractivity contribution is -0.138. The van der Waals surface area contributed by atoms with Crippen molar-refractivity contribution in [2.24, 2.45) is 5.73 Å². The highest BCUT2D eigenvalue weighted by Gasteiger charge is 2.38. The molecular formula is C9H4F3IN2O. The number of rotatable bonds is 1. The Balaban J connectivity index is 3.70. The number of carbonyl (C=O) groups is 1. The summed E-state index contributed by atoms with van der Waals surface area (Å²) in [5, 5.41) is 8.66. The molecule has 0 aliphatic carbocycles. The summed E-state index contributed by atoms with van der Waals surface area (Å²) in [5.74, 6) is -1.21. The molecule has 0 aliphatic rings. The number of nitriles is 1. The number of nitrogens with two attached hydrogens (primary N) is 1. The van der Waals surface area contributed by atoms with Crippen molar-refractivity contribution in [2.45, 2.75) is 6.18 Å². The van der Waals surface area contributed by atoms with Gasteiger partial charge >= 0.3 is 6.18 Å². The lowest BCUT2D eigenvalue weighted by Crippen LogP contribution is -2.20. The van der Waals surface area contributed by atoms with Crippen molar-refractivity contribution in [3.05, 3.63) is 32.4 Å². The third-order valence-corrected chi connectivity index (χ3v) is 2.71. The molecule has 0 aliphatic heterocycles. The summed E-state index contributed by atoms with van der Waals surface area (Å²) in [4.78, 5) is 10.9. The van der Waals surface area contributed by atoms with E-state index in [2.05, 4.69) is 0 Å². The molecule has 0 spiro atoms. The molecular weight excluding hydrogens is 336 g/mol. The molecule has 0 saturated carbocycles. The number of primary amides is 1. The van der Waals surface area contributed by atoms with Crippen molar-refractivity contribution in [1.82, 2.24) is 0 Å². The quantitative estimate of drug-likeness (QED) is 0.797. The highest BCUT2D eigenvalue weighted by Crippen LogP contribution is 2.36. The van der Waals surface area contributed by atoms with Gasteiger partial charge in [0, 0.05) is 3.57 Å². The molecule has 0 atom stereocenters. The van der Waals surface area contributed by atoms with E-state index >= 15 is 0 Å². The van der Waals surface area contributed by atoms with E-state index in [1.54, 1.807) is 22.6 Å². The number of hydrogen-bond donors (Lipinski definition) is 1. The first-order valence-electron chi connectivity index (χ1n) is 3.88. The second-order valence-corrected chi connectivity index (χ2v) is 3.98. The Labute approximate surface area is 102 Å². The fourth-order valence-electron chi connectivity index (χ4n) is 1.19. The molecule has 16 heavy (non-hydrogen) atoms. The van der Waals surface area contributed by atoms with E-state index in [0.717, 1.165) is 6.07 Å². The zero-order chi connectivity index (χ0) is 12.5. The first kappa shape index (κ1) is 12.8. The average Bonchev–Trinajstić information content (AvgIpc) is 2.15. The van der Waals surface area contributed by atoms with E-state index in [-0.39, 0.29) is 3.57 Å². The standard InChI is InChI=1S/C9H4F3IN2O/c10-9(11,12)7-4(8(15)16)1-2-6(13)5(7)3-14/h1-2H,(H2,15,16). The molecule has 1 amide bonds. The summed E-state index contributed by atoms with van der Waals surface area (Å²) in [5.41, 5.74) is 2.30. The second-order valence-electron chi connectivity index (χ2n) is 2.82. The van der Waals surface area contributed by atoms with Gasteiger partial charge in [0.25, 0.3) is 0 Å². The predicted molar refractivity (Wildman–Crippen MR) is 57.4 cm³/mol. The van der Waals surface area contributed by atoms with Gasteiger partial charge in [0.2, 0.25) is 5.91 Å². The molecule has 1 aromatic rings. The fraction of sp³-hybridized carbons (Fsp3) is 0.111. The average molecular weight is 340 g/mol. The fourth-order valence-corrected chi connectivity index (χ4v) is 1.76. The molecule has 7 heteroatoms. The SMILES string of the molecule is N#Cc1c(I)ccc(C(N)=O)c1C(F)(F)F. The van der Waals surface area contributed by atoms with Crippen molar-refractivity contribution in [3.63, 3.8) is 0 Å². The molecule has 84 valence electrons. The number of nitrogens with zero attached hydrogens (tertiary/aromatic N) is 1. The summed E-state index contributed by atoms with van der Waals surface area (Å²) in [6, 6.07) is 3.64. The number of carbonyl (C=O) groups excluding carboxylic acids is 1. The molecule has 0 heterocycles. The largest absolute Gasteiger partial charge is 0.418 e. The van der Waals surface area contributed by atoms with Crippen LogP contribution in [0, 0.1) is 14.9 Å². The van der Waals surface area contributed by atoms with Crippen molar-refractivity contribution in [3.8, 4) is 6.07 Å². The summed E-state index contributed by atoms with van der Waals surface area (Å²) in [7, 11) is 0. The minimum absolute atomic E-state index is 0.123. The molecule has 0 unspecified atom stereocenters. The highest BCUT2D eigenvalue weighted by molar-refractivity contribution is 14.1. The van der Waals surface area contributed by atoms with Gasteiger partial charge < -0.3 is 5.73 Å². The minimum Gasteiger partial charge on any atom is -0.366 e. The Morgan fingerprint density at radius 3 is 2.38 bits per heavy atom. The van der Waals surface area contributed by atoms with Crippen molar-refractivity contribution in [2.75, 3.05) is 0 Å². The van der Waals surface area contributed by atoms with Crippen LogP contribution in [0.1, 0.15) is 21.5 Å². The molecule has 1 rings (SSSR count). The molecule has 0 aromatic heterocycles. The minimum atomic E-state index is -4.78. The van der Waals surface area contributed by atoms with Crippen LogP contribution in [-0.2, 0) is 6.18 Å². The van der Waals surface area contributed by atoms with E-state index in [1.807, 2.05) is 0 Å². The van der Waals surface area contributed by atoms with Crippen LogP contribution in [0.25, 0.3) is 0 Å². The molecule has 2 N–H and O–H groups in total. The van der Waals surface area contributed by atoms with Gasteiger partial charge in [0.1, 0.15) is 6.07 Å². The maximum atomic E-state index is 12.7. The molecule has 1 aromatic carbocycles. The number of alkyl halides is 3. The Hall–Kier alpha value is -1.30. The monoisotopic (exact) mass is 340 g/mol. The van der Waals surface area contributed by atoms with Gasteiger partial charge in [-0.3, -0.25) is 4.79 Å². The maximum absolute atomic E-state index is 12.7. The van der Waals surface area contributed by atoms with Gasteiger partial charge in [0.05, 0.1) is 16.7 Å². The topological polar surface area (TPSA) is 66.9 Å². The van der Waals surface area contributed by atoms with Crippen LogP contribution < -0.4 is 5.73 Å². The first-order valence-corrected chi connectivity index (χ1v) is 4.96. The van der Waals surface area contributed by atoms with E-state index in [1.165, 1.54) is 12.1 Å². The molecule has 0 fully saturated rings. The van der Waals surface area contributed by atoms with Crippen molar-refractivity contribution < 1.29 is 18.0 Å². The Bertz CT molecular complexity index is 491. The number of benzene rings is 1. The van der Waals surface area contributed by atoms with Crippen LogP contribution in [0.3, 0.4) is 0 Å². The molecule has 3 nitrogen and oxygen atoms in total. The van der Waals surface area contributed by atoms with Crippen LogP contribution in [0.5, 0.6) is 0 Å². The summed E-state index contributed by atoms with van der Waals surface area (Å²) < 4.78 is 38.1. The molecule has 0 radical (unpaired) electrons. The second kappa shape index (κ2) is 4.29. The van der Waals surface area contributed by atoms with Crippen molar-refractivity contribution >= 4 is 28.5 Å². The van der Waals surface area contributed by atoms with Crippen LogP contribution in [0.4, 0.5) is 13.2 Å². The zero-order valence-electron chi connectivity index (χ0n) is 7.60. The third kappa shape index (κ3) is 2.27. The van der Waals surface area contributed by atoms with Gasteiger partial charge in [-0.05, 0) is 34.7 Å². The van der Waals surface area contributed by atoms with E-state index in [9.17, 15) is 18.0 Å². The molecule has 0 saturated heterocycles. The smallest absolute Gasteiger partial charge is 0.366 e. The van der Waals surface area contributed by atoms with Gasteiger partial charge in [-0.15, -0.1) is 0 Å². The number of amides is 1. The normalized spacial score (nSPS) is 10.9. The van der Waals surface area contributed by atoms with Crippen LogP contribution in [-0.4, -0.2) is 5.91 Å². The predicted octanol–water partition coefficient (Wildman–Crippen LogP) is 2.28. The summed E-state index contributed by atoms with van der Waals surface area (Å²) >= 11 is 1.59. The lowest BCUT2D eigenvalue weighted by Gasteiger charge is -2.13. The van der Waals surface area contributed by atoms with Gasteiger partial charge in [-0.25, -0.2) is 0 Å². The lowest BCUT2D eigenvalue weighted by atomic mass is 10.0. The number of hydrogen-bond acceptors (Lipinski definition) is 2. The highest BCUT2D eigenvalue weighted by atomic mass is 127. The van der Waals surface area contributed by atoms with Crippen molar-refractivity contribution in [1.29, 1.82) is 5.26 Å². The van der Waals surface area contributed by atoms with Gasteiger partial charge in [-0.2, -0.15) is 18.4 Å². The number of halogens is 4. The van der Waals surface area contributed by atoms with Gasteiger partial charge in [-0.1, -0.05) is 0 Å². The Morgan fingerprint density at radius 1 is 1.44 bits per heavy atom. The molecule has 0 bridgehead atoms. The Morgan fingerprint density at radius 2 is 2.00 bits per heavy atom. The summed E-state index contributed by atoms with van der Waals surface area (Å²) in [6.45, 7) is 0. The van der Waals surface area contributed by atoms with Crippen LogP contribution in [0.2, 0.25) is 0 Å². The van der Waals surface area contributed by atoms with Gasteiger partial charge in [0.15, 0.2) is 0 Å². The van der Waals surface area contributed by atoms with E-state index < -0.39 is 28.8 Å². The first-order chi connectivity index (χ1) is 7.29. The Kier molecular flexibility index (Phi) is 3.42. The van der Waals surface area contributed by atoms with Crippen LogP contribution >= 0.6 is 22.6 Å². The third-order valence-electron chi connectivity index (χ3n) is 1.82. The summed E-state index contributed by atoms with van der Waals surface area (Å²) in [6.07, 6.45) is -4.78. The zero-order valence-corrected chi connectivity index (χ0v) is 9.76. The maximum Gasteiger partial charge on any atom is 0.418 e. The van der Waals surface area contributed by atoms with E-state index in [4.69, 9.17) is 11.0 Å². The van der Waals surface area contributed by atoms with E-state index in [0.29, 0.717) is 0 Å².